The molecule has 1 aromatic rings. The molecule has 2 rings (SSSR count). The maximum Gasteiger partial charge on any atom is 0.317 e. The molecule has 5 nitrogen and oxygen atoms in total. The number of nitrogens with zero attached hydrogens (tertiary/aromatic N) is 2. The second-order valence-corrected chi connectivity index (χ2v) is 5.66. The summed E-state index contributed by atoms with van der Waals surface area (Å²) in [4.78, 5) is 27.4. The van der Waals surface area contributed by atoms with Crippen LogP contribution in [0.15, 0.2) is 24.3 Å². The largest absolute Gasteiger partial charge is 0.368 e. The number of unbranched alkanes of at least 4 members (excludes halogenated alkanes) is 1. The van der Waals surface area contributed by atoms with Crippen LogP contribution in [0.25, 0.3) is 0 Å². The summed E-state index contributed by atoms with van der Waals surface area (Å²) in [5, 5.41) is 2.96. The van der Waals surface area contributed by atoms with Gasteiger partial charge in [-0.2, -0.15) is 0 Å². The second-order valence-electron chi connectivity index (χ2n) is 5.66. The standard InChI is InChI=1S/C17H25N3O2/c1-3-4-9-18-17(22)20-12-10-19(11-13-20)16-7-5-15(6-8-16)14(2)21/h5-8H,3-4,9-13H2,1-2H3,(H,18,22). The number of urea groups is 1. The van der Waals surface area contributed by atoms with E-state index in [0.717, 1.165) is 56.8 Å². The minimum atomic E-state index is 0.0417. The number of hydrogen-bond acceptors (Lipinski definition) is 3. The molecule has 1 saturated heterocycles. The van der Waals surface area contributed by atoms with E-state index in [9.17, 15) is 9.59 Å². The molecular formula is C17H25N3O2. The molecule has 0 spiro atoms. The van der Waals surface area contributed by atoms with Gasteiger partial charge in [0, 0.05) is 44.0 Å². The van der Waals surface area contributed by atoms with E-state index in [-0.39, 0.29) is 11.8 Å². The zero-order valence-corrected chi connectivity index (χ0v) is 13.5. The first-order valence-corrected chi connectivity index (χ1v) is 8.00. The van der Waals surface area contributed by atoms with Crippen molar-refractivity contribution in [3.05, 3.63) is 29.8 Å². The number of hydrogen-bond donors (Lipinski definition) is 1. The molecule has 0 radical (unpaired) electrons. The molecule has 1 fully saturated rings. The van der Waals surface area contributed by atoms with Gasteiger partial charge in [-0.15, -0.1) is 0 Å². The molecule has 1 aliphatic heterocycles. The molecule has 0 atom stereocenters. The van der Waals surface area contributed by atoms with Gasteiger partial charge in [0.2, 0.25) is 0 Å². The second kappa shape index (κ2) is 7.82. The van der Waals surface area contributed by atoms with Gasteiger partial charge in [-0.3, -0.25) is 4.79 Å². The van der Waals surface area contributed by atoms with Crippen molar-refractivity contribution in [1.82, 2.24) is 10.2 Å². The van der Waals surface area contributed by atoms with Crippen molar-refractivity contribution in [2.45, 2.75) is 26.7 Å². The fourth-order valence-corrected chi connectivity index (χ4v) is 2.56. The first kappa shape index (κ1) is 16.3. The van der Waals surface area contributed by atoms with E-state index in [0.29, 0.717) is 0 Å². The minimum Gasteiger partial charge on any atom is -0.368 e. The average molecular weight is 303 g/mol. The number of amides is 2. The summed E-state index contributed by atoms with van der Waals surface area (Å²) >= 11 is 0. The van der Waals surface area contributed by atoms with Crippen LogP contribution in [-0.4, -0.2) is 49.4 Å². The number of nitrogens with one attached hydrogen (secondary N) is 1. The third-order valence-corrected chi connectivity index (χ3v) is 4.01. The lowest BCUT2D eigenvalue weighted by Crippen LogP contribution is -2.52. The molecule has 5 heteroatoms. The highest BCUT2D eigenvalue weighted by atomic mass is 16.2. The minimum absolute atomic E-state index is 0.0417. The van der Waals surface area contributed by atoms with E-state index < -0.39 is 0 Å². The summed E-state index contributed by atoms with van der Waals surface area (Å²) in [6.07, 6.45) is 2.11. The molecule has 0 bridgehead atoms. The summed E-state index contributed by atoms with van der Waals surface area (Å²) in [5.74, 6) is 0.0834. The van der Waals surface area contributed by atoms with E-state index in [2.05, 4.69) is 17.1 Å². The highest BCUT2D eigenvalue weighted by Crippen LogP contribution is 2.17. The SMILES string of the molecule is CCCCNC(=O)N1CCN(c2ccc(C(C)=O)cc2)CC1. The Morgan fingerprint density at radius 3 is 2.27 bits per heavy atom. The zero-order chi connectivity index (χ0) is 15.9. The van der Waals surface area contributed by atoms with E-state index in [1.807, 2.05) is 29.2 Å². The van der Waals surface area contributed by atoms with Crippen LogP contribution in [0.5, 0.6) is 0 Å². The lowest BCUT2D eigenvalue weighted by atomic mass is 10.1. The van der Waals surface area contributed by atoms with Crippen LogP contribution in [0.2, 0.25) is 0 Å². The van der Waals surface area contributed by atoms with Gasteiger partial charge in [-0.25, -0.2) is 4.79 Å². The summed E-state index contributed by atoms with van der Waals surface area (Å²) in [6, 6.07) is 7.73. The lowest BCUT2D eigenvalue weighted by Gasteiger charge is -2.36. The van der Waals surface area contributed by atoms with Gasteiger partial charge in [0.05, 0.1) is 0 Å². The molecule has 2 amide bonds. The number of carbonyl (C=O) groups is 2. The Morgan fingerprint density at radius 2 is 1.73 bits per heavy atom. The number of carbonyl (C=O) groups excluding carboxylic acids is 2. The van der Waals surface area contributed by atoms with Gasteiger partial charge >= 0.3 is 6.03 Å². The Morgan fingerprint density at radius 1 is 1.09 bits per heavy atom. The maximum absolute atomic E-state index is 12.0. The van der Waals surface area contributed by atoms with Gasteiger partial charge in [-0.1, -0.05) is 13.3 Å². The summed E-state index contributed by atoms with van der Waals surface area (Å²) in [5.41, 5.74) is 1.84. The molecule has 1 N–H and O–H groups in total. The highest BCUT2D eigenvalue weighted by Gasteiger charge is 2.20. The van der Waals surface area contributed by atoms with Gasteiger partial charge < -0.3 is 15.1 Å². The fraction of sp³-hybridized carbons (Fsp3) is 0.529. The normalized spacial score (nSPS) is 14.8. The predicted molar refractivity (Wildman–Crippen MR) is 88.5 cm³/mol. The Bertz CT molecular complexity index is 505. The van der Waals surface area contributed by atoms with Crippen molar-refractivity contribution in [3.8, 4) is 0 Å². The molecule has 0 saturated carbocycles. The first-order valence-electron chi connectivity index (χ1n) is 8.00. The molecule has 120 valence electrons. The lowest BCUT2D eigenvalue weighted by molar-refractivity contribution is 0.101. The van der Waals surface area contributed by atoms with Crippen LogP contribution < -0.4 is 10.2 Å². The molecular weight excluding hydrogens is 278 g/mol. The fourth-order valence-electron chi connectivity index (χ4n) is 2.56. The van der Waals surface area contributed by atoms with E-state index in [1.165, 1.54) is 0 Å². The van der Waals surface area contributed by atoms with Crippen LogP contribution >= 0.6 is 0 Å². The summed E-state index contributed by atoms with van der Waals surface area (Å²) in [6.45, 7) is 7.54. The first-order chi connectivity index (χ1) is 10.6. The van der Waals surface area contributed by atoms with Gasteiger partial charge in [0.1, 0.15) is 0 Å². The van der Waals surface area contributed by atoms with Crippen molar-refractivity contribution in [3.63, 3.8) is 0 Å². The van der Waals surface area contributed by atoms with E-state index >= 15 is 0 Å². The Hall–Kier alpha value is -2.04. The number of rotatable bonds is 5. The van der Waals surface area contributed by atoms with Crippen molar-refractivity contribution in [2.75, 3.05) is 37.6 Å². The molecule has 0 unspecified atom stereocenters. The predicted octanol–water partition coefficient (Wildman–Crippen LogP) is 2.52. The topological polar surface area (TPSA) is 52.7 Å². The van der Waals surface area contributed by atoms with Crippen LogP contribution in [0.3, 0.4) is 0 Å². The van der Waals surface area contributed by atoms with Gasteiger partial charge in [0.25, 0.3) is 0 Å². The average Bonchev–Trinajstić information content (AvgIpc) is 2.55. The number of ketones is 1. The van der Waals surface area contributed by atoms with Crippen LogP contribution in [0.4, 0.5) is 10.5 Å². The number of benzene rings is 1. The number of piperazine rings is 1. The van der Waals surface area contributed by atoms with Crippen LogP contribution in [0, 0.1) is 0 Å². The van der Waals surface area contributed by atoms with Crippen LogP contribution in [-0.2, 0) is 0 Å². The Labute approximate surface area is 132 Å². The summed E-state index contributed by atoms with van der Waals surface area (Å²) < 4.78 is 0. The maximum atomic E-state index is 12.0. The Balaban J connectivity index is 1.83. The monoisotopic (exact) mass is 303 g/mol. The molecule has 22 heavy (non-hydrogen) atoms. The van der Waals surface area contributed by atoms with E-state index in [1.54, 1.807) is 6.92 Å². The molecule has 0 aromatic heterocycles. The quantitative estimate of drug-likeness (QED) is 0.672. The molecule has 1 aliphatic rings. The number of Topliss-reactive ketones (excluding diaryl/α,β-unsaturated/α-hetero) is 1. The third kappa shape index (κ3) is 4.23. The van der Waals surface area contributed by atoms with Crippen molar-refractivity contribution < 1.29 is 9.59 Å². The van der Waals surface area contributed by atoms with Gasteiger partial charge in [-0.05, 0) is 37.6 Å². The van der Waals surface area contributed by atoms with Crippen molar-refractivity contribution >= 4 is 17.5 Å². The van der Waals surface area contributed by atoms with Gasteiger partial charge in [0.15, 0.2) is 5.78 Å². The van der Waals surface area contributed by atoms with E-state index in [4.69, 9.17) is 0 Å². The van der Waals surface area contributed by atoms with Crippen LogP contribution in [0.1, 0.15) is 37.0 Å². The zero-order valence-electron chi connectivity index (χ0n) is 13.5. The summed E-state index contributed by atoms with van der Waals surface area (Å²) in [7, 11) is 0. The molecule has 1 aromatic carbocycles. The smallest absolute Gasteiger partial charge is 0.317 e. The third-order valence-electron chi connectivity index (χ3n) is 4.01. The molecule has 1 heterocycles. The molecule has 0 aliphatic carbocycles. The Kier molecular flexibility index (Phi) is 5.81. The van der Waals surface area contributed by atoms with Crippen molar-refractivity contribution in [1.29, 1.82) is 0 Å². The highest BCUT2D eigenvalue weighted by molar-refractivity contribution is 5.94. The van der Waals surface area contributed by atoms with Crippen molar-refractivity contribution in [2.24, 2.45) is 0 Å². The number of anilines is 1.